The highest BCUT2D eigenvalue weighted by Crippen LogP contribution is 2.40. The lowest BCUT2D eigenvalue weighted by atomic mass is 9.72. The van der Waals surface area contributed by atoms with Gasteiger partial charge in [0.1, 0.15) is 0 Å². The quantitative estimate of drug-likeness (QED) is 0.667. The minimum Gasteiger partial charge on any atom is -0.271 e. The van der Waals surface area contributed by atoms with Gasteiger partial charge in [-0.2, -0.15) is 5.10 Å². The molecule has 0 aliphatic heterocycles. The number of hydrogen-bond acceptors (Lipinski definition) is 3. The van der Waals surface area contributed by atoms with E-state index in [2.05, 4.69) is 36.5 Å². The number of nitrogens with one attached hydrogen (secondary N) is 1. The first-order valence-corrected chi connectivity index (χ1v) is 7.59. The van der Waals surface area contributed by atoms with Gasteiger partial charge in [0.25, 0.3) is 0 Å². The Kier molecular flexibility index (Phi) is 3.76. The second kappa shape index (κ2) is 5.54. The summed E-state index contributed by atoms with van der Waals surface area (Å²) in [6, 6.07) is 6.37. The van der Waals surface area contributed by atoms with Crippen molar-refractivity contribution in [2.24, 2.45) is 23.6 Å². The van der Waals surface area contributed by atoms with E-state index in [4.69, 9.17) is 5.84 Å². The van der Waals surface area contributed by atoms with Crippen LogP contribution < -0.4 is 11.3 Å². The lowest BCUT2D eigenvalue weighted by Crippen LogP contribution is -2.36. The van der Waals surface area contributed by atoms with Crippen molar-refractivity contribution in [3.63, 3.8) is 0 Å². The Hall–Kier alpha value is -1.39. The van der Waals surface area contributed by atoms with Crippen LogP contribution in [0.15, 0.2) is 30.6 Å². The standard InChI is InChI=1S/C16H24N4/c1-11-6-7-13(9-12(11)2)16(19-17)14-10-18-20-8-4-3-5-15(14)20/h3-5,8,10-13,16,19H,6-7,9,17H2,1-2H3. The van der Waals surface area contributed by atoms with Crippen molar-refractivity contribution in [3.8, 4) is 0 Å². The Morgan fingerprint density at radius 3 is 2.90 bits per heavy atom. The predicted molar refractivity (Wildman–Crippen MR) is 80.9 cm³/mol. The minimum absolute atomic E-state index is 0.199. The maximum atomic E-state index is 5.88. The summed E-state index contributed by atoms with van der Waals surface area (Å²) in [5.41, 5.74) is 5.42. The largest absolute Gasteiger partial charge is 0.271 e. The zero-order valence-electron chi connectivity index (χ0n) is 12.3. The summed E-state index contributed by atoms with van der Waals surface area (Å²) in [5, 5.41) is 4.44. The molecule has 3 rings (SSSR count). The topological polar surface area (TPSA) is 55.3 Å². The molecule has 2 aromatic rings. The lowest BCUT2D eigenvalue weighted by molar-refractivity contribution is 0.172. The van der Waals surface area contributed by atoms with Crippen LogP contribution >= 0.6 is 0 Å². The number of fused-ring (bicyclic) bond motifs is 1. The normalized spacial score (nSPS) is 28.6. The molecule has 4 unspecified atom stereocenters. The smallest absolute Gasteiger partial charge is 0.0710 e. The van der Waals surface area contributed by atoms with Crippen molar-refractivity contribution in [2.45, 2.75) is 39.2 Å². The SMILES string of the molecule is CC1CCC(C(NN)c2cnn3ccccc23)CC1C. The van der Waals surface area contributed by atoms with Crippen LogP contribution in [0.2, 0.25) is 0 Å². The Labute approximate surface area is 120 Å². The molecule has 0 bridgehead atoms. The number of hydrogen-bond donors (Lipinski definition) is 2. The molecular weight excluding hydrogens is 248 g/mol. The number of aromatic nitrogens is 2. The van der Waals surface area contributed by atoms with Gasteiger partial charge in [0.2, 0.25) is 0 Å². The van der Waals surface area contributed by atoms with Crippen LogP contribution in [0.4, 0.5) is 0 Å². The summed E-state index contributed by atoms with van der Waals surface area (Å²) < 4.78 is 1.93. The summed E-state index contributed by atoms with van der Waals surface area (Å²) in [5.74, 6) is 8.07. The predicted octanol–water partition coefficient (Wildman–Crippen LogP) is 2.91. The molecule has 108 valence electrons. The Morgan fingerprint density at radius 1 is 1.30 bits per heavy atom. The van der Waals surface area contributed by atoms with Crippen LogP contribution in [0.5, 0.6) is 0 Å². The second-order valence-electron chi connectivity index (χ2n) is 6.30. The molecule has 0 amide bonds. The van der Waals surface area contributed by atoms with Crippen molar-refractivity contribution >= 4 is 5.52 Å². The molecule has 4 heteroatoms. The van der Waals surface area contributed by atoms with Crippen molar-refractivity contribution < 1.29 is 0 Å². The van der Waals surface area contributed by atoms with Crippen molar-refractivity contribution in [3.05, 3.63) is 36.2 Å². The van der Waals surface area contributed by atoms with E-state index >= 15 is 0 Å². The zero-order valence-corrected chi connectivity index (χ0v) is 12.3. The first-order chi connectivity index (χ1) is 9.70. The summed E-state index contributed by atoms with van der Waals surface area (Å²) >= 11 is 0. The van der Waals surface area contributed by atoms with Gasteiger partial charge in [0.15, 0.2) is 0 Å². The molecule has 0 saturated heterocycles. The molecule has 0 radical (unpaired) electrons. The van der Waals surface area contributed by atoms with E-state index in [1.54, 1.807) is 0 Å². The van der Waals surface area contributed by atoms with E-state index in [-0.39, 0.29) is 6.04 Å². The van der Waals surface area contributed by atoms with E-state index in [0.29, 0.717) is 5.92 Å². The first-order valence-electron chi connectivity index (χ1n) is 7.59. The molecule has 1 fully saturated rings. The minimum atomic E-state index is 0.199. The van der Waals surface area contributed by atoms with E-state index in [1.165, 1.54) is 24.8 Å². The second-order valence-corrected chi connectivity index (χ2v) is 6.30. The molecule has 0 aromatic carbocycles. The van der Waals surface area contributed by atoms with Gasteiger partial charge in [-0.1, -0.05) is 26.3 Å². The van der Waals surface area contributed by atoms with Gasteiger partial charge in [0.05, 0.1) is 17.8 Å². The van der Waals surface area contributed by atoms with E-state index < -0.39 is 0 Å². The number of nitrogens with zero attached hydrogens (tertiary/aromatic N) is 2. The maximum absolute atomic E-state index is 5.88. The highest BCUT2D eigenvalue weighted by atomic mass is 15.3. The van der Waals surface area contributed by atoms with Crippen LogP contribution in [0.1, 0.15) is 44.7 Å². The van der Waals surface area contributed by atoms with Gasteiger partial charge in [-0.15, -0.1) is 0 Å². The van der Waals surface area contributed by atoms with E-state index in [9.17, 15) is 0 Å². The highest BCUT2D eigenvalue weighted by molar-refractivity contribution is 5.55. The van der Waals surface area contributed by atoms with Crippen LogP contribution in [-0.2, 0) is 0 Å². The third-order valence-electron chi connectivity index (χ3n) is 5.08. The van der Waals surface area contributed by atoms with E-state index in [1.807, 2.05) is 23.0 Å². The summed E-state index contributed by atoms with van der Waals surface area (Å²) in [6.07, 6.45) is 7.72. The molecule has 20 heavy (non-hydrogen) atoms. The van der Waals surface area contributed by atoms with Gasteiger partial charge >= 0.3 is 0 Å². The Balaban J connectivity index is 1.90. The maximum Gasteiger partial charge on any atom is 0.0710 e. The molecular formula is C16H24N4. The molecule has 2 heterocycles. The average molecular weight is 272 g/mol. The number of pyridine rings is 1. The fourth-order valence-corrected chi connectivity index (χ4v) is 3.57. The van der Waals surface area contributed by atoms with Crippen LogP contribution in [-0.4, -0.2) is 9.61 Å². The zero-order chi connectivity index (χ0) is 14.1. The highest BCUT2D eigenvalue weighted by Gasteiger charge is 2.31. The third-order valence-corrected chi connectivity index (χ3v) is 5.08. The summed E-state index contributed by atoms with van der Waals surface area (Å²) in [6.45, 7) is 4.72. The van der Waals surface area contributed by atoms with Gasteiger partial charge in [-0.25, -0.2) is 4.52 Å². The number of nitrogens with two attached hydrogens (primary N) is 1. The van der Waals surface area contributed by atoms with Crippen molar-refractivity contribution in [1.29, 1.82) is 0 Å². The fraction of sp³-hybridized carbons (Fsp3) is 0.562. The molecule has 2 aromatic heterocycles. The van der Waals surface area contributed by atoms with Gasteiger partial charge < -0.3 is 0 Å². The molecule has 1 saturated carbocycles. The van der Waals surface area contributed by atoms with Crippen LogP contribution in [0.25, 0.3) is 5.52 Å². The molecule has 4 nitrogen and oxygen atoms in total. The van der Waals surface area contributed by atoms with Crippen LogP contribution in [0, 0.1) is 17.8 Å². The first kappa shape index (κ1) is 13.6. The van der Waals surface area contributed by atoms with Crippen LogP contribution in [0.3, 0.4) is 0 Å². The van der Waals surface area contributed by atoms with Gasteiger partial charge in [-0.3, -0.25) is 11.3 Å². The number of hydrazine groups is 1. The Morgan fingerprint density at radius 2 is 2.15 bits per heavy atom. The fourth-order valence-electron chi connectivity index (χ4n) is 3.57. The van der Waals surface area contributed by atoms with E-state index in [0.717, 1.165) is 17.4 Å². The summed E-state index contributed by atoms with van der Waals surface area (Å²) in [7, 11) is 0. The lowest BCUT2D eigenvalue weighted by Gasteiger charge is -2.36. The van der Waals surface area contributed by atoms with Gasteiger partial charge in [0, 0.05) is 11.8 Å². The van der Waals surface area contributed by atoms with Gasteiger partial charge in [-0.05, 0) is 42.7 Å². The molecule has 0 spiro atoms. The molecule has 1 aliphatic carbocycles. The molecule has 1 aliphatic rings. The monoisotopic (exact) mass is 272 g/mol. The average Bonchev–Trinajstić information content (AvgIpc) is 2.88. The van der Waals surface area contributed by atoms with Crippen molar-refractivity contribution in [2.75, 3.05) is 0 Å². The summed E-state index contributed by atoms with van der Waals surface area (Å²) in [4.78, 5) is 0. The number of rotatable bonds is 3. The van der Waals surface area contributed by atoms with Crippen molar-refractivity contribution in [1.82, 2.24) is 15.0 Å². The molecule has 4 atom stereocenters. The Bertz CT molecular complexity index is 577. The third kappa shape index (κ3) is 2.34. The molecule has 3 N–H and O–H groups in total.